The third-order valence-corrected chi connectivity index (χ3v) is 4.00. The molecule has 0 atom stereocenters. The van der Waals surface area contributed by atoms with Gasteiger partial charge in [0.25, 0.3) is 5.91 Å². The highest BCUT2D eigenvalue weighted by molar-refractivity contribution is 9.10. The van der Waals surface area contributed by atoms with Gasteiger partial charge in [-0.25, -0.2) is 4.98 Å². The Labute approximate surface area is 139 Å². The van der Waals surface area contributed by atoms with Crippen LogP contribution in [-0.2, 0) is 0 Å². The molecule has 0 aliphatic rings. The molecule has 2 rings (SSSR count). The molecule has 0 unspecified atom stereocenters. The van der Waals surface area contributed by atoms with Crippen LogP contribution in [0.15, 0.2) is 41.0 Å². The van der Waals surface area contributed by atoms with Gasteiger partial charge in [0.05, 0.1) is 0 Å². The van der Waals surface area contributed by atoms with Gasteiger partial charge in [0.2, 0.25) is 0 Å². The Kier molecular flexibility index (Phi) is 5.55. The average Bonchev–Trinajstić information content (AvgIpc) is 2.51. The van der Waals surface area contributed by atoms with E-state index in [4.69, 9.17) is 0 Å². The molecule has 1 N–H and O–H groups in total. The SMILES string of the molecule is CCN(CC)C(=O)c1ccnc(Nc2ccc(Br)cc2C)c1. The van der Waals surface area contributed by atoms with E-state index < -0.39 is 0 Å². The molecule has 0 saturated carbocycles. The second-order valence-corrected chi connectivity index (χ2v) is 5.91. The number of pyridine rings is 1. The highest BCUT2D eigenvalue weighted by Gasteiger charge is 2.13. The van der Waals surface area contributed by atoms with Gasteiger partial charge in [-0.05, 0) is 56.7 Å². The molecule has 1 amide bonds. The molecular weight excluding hydrogens is 342 g/mol. The number of anilines is 2. The number of benzene rings is 1. The molecule has 1 aromatic heterocycles. The zero-order chi connectivity index (χ0) is 16.1. The summed E-state index contributed by atoms with van der Waals surface area (Å²) in [6.07, 6.45) is 1.66. The molecule has 4 nitrogen and oxygen atoms in total. The van der Waals surface area contributed by atoms with Gasteiger partial charge in [0.15, 0.2) is 0 Å². The van der Waals surface area contributed by atoms with Crippen molar-refractivity contribution in [3.8, 4) is 0 Å². The summed E-state index contributed by atoms with van der Waals surface area (Å²) >= 11 is 3.45. The number of halogens is 1. The number of carbonyl (C=O) groups is 1. The predicted molar refractivity (Wildman–Crippen MR) is 93.7 cm³/mol. The van der Waals surface area contributed by atoms with Crippen LogP contribution in [0.1, 0.15) is 29.8 Å². The summed E-state index contributed by atoms with van der Waals surface area (Å²) in [5.41, 5.74) is 2.73. The number of aromatic nitrogens is 1. The van der Waals surface area contributed by atoms with E-state index in [1.54, 1.807) is 23.2 Å². The quantitative estimate of drug-likeness (QED) is 0.859. The van der Waals surface area contributed by atoms with Gasteiger partial charge in [-0.3, -0.25) is 4.79 Å². The Morgan fingerprint density at radius 2 is 1.95 bits per heavy atom. The van der Waals surface area contributed by atoms with Crippen LogP contribution < -0.4 is 5.32 Å². The van der Waals surface area contributed by atoms with Gasteiger partial charge in [-0.1, -0.05) is 15.9 Å². The third-order valence-electron chi connectivity index (χ3n) is 3.51. The van der Waals surface area contributed by atoms with E-state index >= 15 is 0 Å². The van der Waals surface area contributed by atoms with Crippen LogP contribution in [0.3, 0.4) is 0 Å². The van der Waals surface area contributed by atoms with Crippen LogP contribution in [0.5, 0.6) is 0 Å². The van der Waals surface area contributed by atoms with Crippen molar-refractivity contribution in [2.45, 2.75) is 20.8 Å². The fourth-order valence-corrected chi connectivity index (χ4v) is 2.71. The van der Waals surface area contributed by atoms with Crippen molar-refractivity contribution in [3.63, 3.8) is 0 Å². The maximum Gasteiger partial charge on any atom is 0.254 e. The van der Waals surface area contributed by atoms with Gasteiger partial charge in [0.1, 0.15) is 5.82 Å². The second kappa shape index (κ2) is 7.40. The van der Waals surface area contributed by atoms with Crippen LogP contribution in [0.2, 0.25) is 0 Å². The first-order valence-corrected chi connectivity index (χ1v) is 8.13. The molecule has 1 heterocycles. The molecule has 2 aromatic rings. The summed E-state index contributed by atoms with van der Waals surface area (Å²) in [4.78, 5) is 18.5. The smallest absolute Gasteiger partial charge is 0.254 e. The molecule has 5 heteroatoms. The lowest BCUT2D eigenvalue weighted by molar-refractivity contribution is 0.0773. The monoisotopic (exact) mass is 361 g/mol. The predicted octanol–water partition coefficient (Wildman–Crippen LogP) is 4.38. The zero-order valence-corrected chi connectivity index (χ0v) is 14.6. The first-order valence-electron chi connectivity index (χ1n) is 7.33. The van der Waals surface area contributed by atoms with E-state index in [0.29, 0.717) is 24.5 Å². The number of nitrogens with zero attached hydrogens (tertiary/aromatic N) is 2. The molecule has 116 valence electrons. The lowest BCUT2D eigenvalue weighted by atomic mass is 10.2. The van der Waals surface area contributed by atoms with E-state index in [1.165, 1.54) is 0 Å². The number of aryl methyl sites for hydroxylation is 1. The Balaban J connectivity index is 2.23. The molecule has 0 bridgehead atoms. The molecule has 0 saturated heterocycles. The summed E-state index contributed by atoms with van der Waals surface area (Å²) in [5.74, 6) is 0.700. The van der Waals surface area contributed by atoms with E-state index in [2.05, 4.69) is 26.2 Å². The van der Waals surface area contributed by atoms with Crippen molar-refractivity contribution >= 4 is 33.3 Å². The minimum Gasteiger partial charge on any atom is -0.340 e. The maximum atomic E-state index is 12.4. The zero-order valence-electron chi connectivity index (χ0n) is 13.1. The Hall–Kier alpha value is -1.88. The topological polar surface area (TPSA) is 45.2 Å². The Morgan fingerprint density at radius 3 is 2.59 bits per heavy atom. The largest absolute Gasteiger partial charge is 0.340 e. The highest BCUT2D eigenvalue weighted by Crippen LogP contribution is 2.23. The molecule has 0 spiro atoms. The lowest BCUT2D eigenvalue weighted by Crippen LogP contribution is -2.30. The summed E-state index contributed by atoms with van der Waals surface area (Å²) < 4.78 is 1.04. The normalized spacial score (nSPS) is 10.4. The van der Waals surface area contributed by atoms with Crippen LogP contribution in [-0.4, -0.2) is 28.9 Å². The van der Waals surface area contributed by atoms with Crippen LogP contribution in [0, 0.1) is 6.92 Å². The average molecular weight is 362 g/mol. The molecule has 0 aliphatic heterocycles. The van der Waals surface area contributed by atoms with Gasteiger partial charge >= 0.3 is 0 Å². The van der Waals surface area contributed by atoms with Gasteiger partial charge < -0.3 is 10.2 Å². The number of hydrogen-bond donors (Lipinski definition) is 1. The fourth-order valence-electron chi connectivity index (χ4n) is 2.23. The maximum absolute atomic E-state index is 12.4. The van der Waals surface area contributed by atoms with Crippen LogP contribution in [0.25, 0.3) is 0 Å². The van der Waals surface area contributed by atoms with E-state index in [1.807, 2.05) is 39.0 Å². The summed E-state index contributed by atoms with van der Waals surface area (Å²) in [6.45, 7) is 7.39. The summed E-state index contributed by atoms with van der Waals surface area (Å²) in [7, 11) is 0. The van der Waals surface area contributed by atoms with E-state index in [0.717, 1.165) is 15.7 Å². The summed E-state index contributed by atoms with van der Waals surface area (Å²) in [5, 5.41) is 3.27. The standard InChI is InChI=1S/C17H20BrN3O/c1-4-21(5-2)17(22)13-8-9-19-16(11-13)20-15-7-6-14(18)10-12(15)3/h6-11H,4-5H2,1-3H3,(H,19,20). The molecular formula is C17H20BrN3O. The summed E-state index contributed by atoms with van der Waals surface area (Å²) in [6, 6.07) is 9.54. The third kappa shape index (κ3) is 3.85. The lowest BCUT2D eigenvalue weighted by Gasteiger charge is -2.19. The molecule has 1 aromatic carbocycles. The first kappa shape index (κ1) is 16.5. The molecule has 0 fully saturated rings. The van der Waals surface area contributed by atoms with Crippen molar-refractivity contribution in [2.24, 2.45) is 0 Å². The number of amides is 1. The Morgan fingerprint density at radius 1 is 1.23 bits per heavy atom. The van der Waals surface area contributed by atoms with E-state index in [-0.39, 0.29) is 5.91 Å². The van der Waals surface area contributed by atoms with Crippen molar-refractivity contribution in [2.75, 3.05) is 18.4 Å². The van der Waals surface area contributed by atoms with Crippen molar-refractivity contribution in [3.05, 3.63) is 52.1 Å². The van der Waals surface area contributed by atoms with Crippen LogP contribution >= 0.6 is 15.9 Å². The molecule has 0 radical (unpaired) electrons. The number of nitrogens with one attached hydrogen (secondary N) is 1. The van der Waals surface area contributed by atoms with Gasteiger partial charge in [0, 0.05) is 35.0 Å². The Bertz CT molecular complexity index is 669. The van der Waals surface area contributed by atoms with Gasteiger partial charge in [-0.2, -0.15) is 0 Å². The number of rotatable bonds is 5. The van der Waals surface area contributed by atoms with Crippen molar-refractivity contribution < 1.29 is 4.79 Å². The van der Waals surface area contributed by atoms with Crippen molar-refractivity contribution in [1.82, 2.24) is 9.88 Å². The number of carbonyl (C=O) groups excluding carboxylic acids is 1. The minimum atomic E-state index is 0.0305. The molecule has 0 aliphatic carbocycles. The molecule has 22 heavy (non-hydrogen) atoms. The first-order chi connectivity index (χ1) is 10.5. The second-order valence-electron chi connectivity index (χ2n) is 4.99. The minimum absolute atomic E-state index is 0.0305. The van der Waals surface area contributed by atoms with Gasteiger partial charge in [-0.15, -0.1) is 0 Å². The highest BCUT2D eigenvalue weighted by atomic mass is 79.9. The van der Waals surface area contributed by atoms with E-state index in [9.17, 15) is 4.79 Å². The fraction of sp³-hybridized carbons (Fsp3) is 0.294. The van der Waals surface area contributed by atoms with Crippen molar-refractivity contribution in [1.29, 1.82) is 0 Å². The number of hydrogen-bond acceptors (Lipinski definition) is 3. The van der Waals surface area contributed by atoms with Crippen LogP contribution in [0.4, 0.5) is 11.5 Å².